The van der Waals surface area contributed by atoms with Gasteiger partial charge in [0.15, 0.2) is 0 Å². The lowest BCUT2D eigenvalue weighted by molar-refractivity contribution is -0.117. The minimum absolute atomic E-state index is 0.0833. The molecular formula is C30H36N6O8S5. The molecule has 0 amide bonds. The standard InChI is InChI=1S/C16H18O8S2.C12H8S3.2CH5N3/c17-25(18,19)15-7-3-13(4-8-15)23-11-1-2-12-24-14-5-9-16(10-6-14)26(20,21)22;1-3-9(13-7-1)11-5-6-12(15-11)10-4-2-8-14-10;2*2-1(3)4/h3-10H,1-2,11-12H2,(H,17,18,19)(H,20,21,22);1-8H;2*(H5,2,3,4). The van der Waals surface area contributed by atoms with Crippen LogP contribution < -0.4 is 43.2 Å². The largest absolute Gasteiger partial charge is 0.744 e. The van der Waals surface area contributed by atoms with Crippen molar-refractivity contribution < 1.29 is 46.2 Å². The molecule has 0 saturated carbocycles. The summed E-state index contributed by atoms with van der Waals surface area (Å²) in [4.78, 5) is 4.84. The van der Waals surface area contributed by atoms with Crippen LogP contribution in [0, 0.1) is 0 Å². The summed E-state index contributed by atoms with van der Waals surface area (Å²) in [5, 5.41) is 13.4. The highest BCUT2D eigenvalue weighted by Crippen LogP contribution is 2.37. The highest BCUT2D eigenvalue weighted by molar-refractivity contribution is 7.86. The maximum absolute atomic E-state index is 10.8. The molecule has 264 valence electrons. The van der Waals surface area contributed by atoms with Crippen molar-refractivity contribution in [2.45, 2.75) is 22.6 Å². The van der Waals surface area contributed by atoms with Crippen molar-refractivity contribution in [2.24, 2.45) is 22.9 Å². The maximum atomic E-state index is 10.8. The van der Waals surface area contributed by atoms with E-state index in [-0.39, 0.29) is 21.7 Å². The van der Waals surface area contributed by atoms with Crippen molar-refractivity contribution in [3.63, 3.8) is 0 Å². The van der Waals surface area contributed by atoms with Crippen LogP contribution in [0.3, 0.4) is 0 Å². The highest BCUT2D eigenvalue weighted by Gasteiger charge is 2.06. The maximum Gasteiger partial charge on any atom is 0.336 e. The lowest BCUT2D eigenvalue weighted by Gasteiger charge is -2.10. The number of hydrogen-bond acceptors (Lipinski definition) is 11. The molecule has 3 aromatic heterocycles. The second kappa shape index (κ2) is 20.1. The molecule has 5 rings (SSSR count). The van der Waals surface area contributed by atoms with Crippen molar-refractivity contribution in [3.05, 3.63) is 95.7 Å². The summed E-state index contributed by atoms with van der Waals surface area (Å²) in [5.74, 6) is 0.737. The van der Waals surface area contributed by atoms with E-state index in [0.717, 1.165) is 0 Å². The molecule has 0 bridgehead atoms. The number of guanidine groups is 2. The van der Waals surface area contributed by atoms with E-state index in [1.165, 1.54) is 68.0 Å². The zero-order chi connectivity index (χ0) is 36.5. The van der Waals surface area contributed by atoms with Crippen molar-refractivity contribution in [1.29, 1.82) is 0 Å². The number of benzene rings is 2. The molecule has 12 N–H and O–H groups in total. The van der Waals surface area contributed by atoms with E-state index in [1.807, 2.05) is 11.3 Å². The van der Waals surface area contributed by atoms with E-state index in [9.17, 15) is 25.9 Å². The zero-order valence-electron chi connectivity index (χ0n) is 25.8. The van der Waals surface area contributed by atoms with Gasteiger partial charge in [-0.1, -0.05) is 12.1 Å². The summed E-state index contributed by atoms with van der Waals surface area (Å²) in [7, 11) is -8.92. The van der Waals surface area contributed by atoms with Gasteiger partial charge in [-0.05, 0) is 96.4 Å². The van der Waals surface area contributed by atoms with Gasteiger partial charge in [-0.3, -0.25) is 33.8 Å². The summed E-state index contributed by atoms with van der Waals surface area (Å²) < 4.78 is 75.7. The van der Waals surface area contributed by atoms with Crippen LogP contribution in [0.2, 0.25) is 0 Å². The molecule has 5 aromatic rings. The highest BCUT2D eigenvalue weighted by atomic mass is 32.2. The van der Waals surface area contributed by atoms with E-state index in [2.05, 4.69) is 80.9 Å². The zero-order valence-corrected chi connectivity index (χ0v) is 29.9. The molecule has 49 heavy (non-hydrogen) atoms. The van der Waals surface area contributed by atoms with Crippen LogP contribution in [0.25, 0.3) is 19.5 Å². The second-order valence-electron chi connectivity index (χ2n) is 9.37. The van der Waals surface area contributed by atoms with Gasteiger partial charge >= 0.3 is 11.9 Å². The molecule has 0 unspecified atom stereocenters. The Labute approximate surface area is 296 Å². The quantitative estimate of drug-likeness (QED) is 0.0475. The average molecular weight is 769 g/mol. The van der Waals surface area contributed by atoms with Crippen LogP contribution in [0.4, 0.5) is 0 Å². The fraction of sp³-hybridized carbons (Fsp3) is 0.133. The number of rotatable bonds is 11. The number of nitrogens with two attached hydrogens (primary N) is 6. The van der Waals surface area contributed by atoms with Crippen LogP contribution in [0.15, 0.2) is 105 Å². The first-order valence-corrected chi connectivity index (χ1v) is 19.3. The molecule has 14 nitrogen and oxygen atoms in total. The number of ether oxygens (including phenoxy) is 2. The van der Waals surface area contributed by atoms with E-state index >= 15 is 0 Å². The SMILES string of the molecule is NC(N)=[NH2+].NC(N)=[NH2+].O=S(=O)([O-])c1ccc(OCCCCOc2ccc(S(=O)(=O)[O-])cc2)cc1.c1csc(-c2ccc(-c3cccs3)s2)c1. The smallest absolute Gasteiger partial charge is 0.336 e. The minimum Gasteiger partial charge on any atom is -0.744 e. The van der Waals surface area contributed by atoms with Gasteiger partial charge in [-0.2, -0.15) is 0 Å². The predicted octanol–water partition coefficient (Wildman–Crippen LogP) is 0.976. The summed E-state index contributed by atoms with van der Waals surface area (Å²) in [6, 6.07) is 23.4. The van der Waals surface area contributed by atoms with Gasteiger partial charge in [0, 0.05) is 19.5 Å². The number of thiophene rings is 3. The van der Waals surface area contributed by atoms with Gasteiger partial charge in [-0.15, -0.1) is 34.0 Å². The third-order valence-electron chi connectivity index (χ3n) is 5.43. The summed E-state index contributed by atoms with van der Waals surface area (Å²) >= 11 is 5.47. The van der Waals surface area contributed by atoms with Crippen molar-refractivity contribution in [3.8, 4) is 31.0 Å². The van der Waals surface area contributed by atoms with E-state index in [0.29, 0.717) is 37.6 Å². The molecule has 0 radical (unpaired) electrons. The molecule has 0 saturated heterocycles. The lowest BCUT2D eigenvalue weighted by atomic mass is 10.3. The van der Waals surface area contributed by atoms with Gasteiger partial charge in [0.2, 0.25) is 0 Å². The molecule has 0 spiro atoms. The first-order chi connectivity index (χ1) is 23.1. The second-order valence-corrected chi connectivity index (χ2v) is 15.1. The number of hydrogen-bond donors (Lipinski definition) is 6. The Bertz CT molecular complexity index is 1780. The predicted molar refractivity (Wildman–Crippen MR) is 191 cm³/mol. The minimum atomic E-state index is -4.46. The first-order valence-electron chi connectivity index (χ1n) is 13.9. The van der Waals surface area contributed by atoms with Gasteiger partial charge < -0.3 is 18.6 Å². The molecule has 0 aliphatic carbocycles. The Morgan fingerprint density at radius 1 is 0.571 bits per heavy atom. The van der Waals surface area contributed by atoms with E-state index < -0.39 is 20.2 Å². The summed E-state index contributed by atoms with van der Waals surface area (Å²) in [5.41, 5.74) is 18.3. The van der Waals surface area contributed by atoms with Gasteiger partial charge in [0.05, 0.1) is 23.0 Å². The summed E-state index contributed by atoms with van der Waals surface area (Å²) in [6.07, 6.45) is 1.32. The molecule has 2 aromatic carbocycles. The Hall–Kier alpha value is -4.50. The topological polar surface area (TPSA) is 288 Å². The molecular weight excluding hydrogens is 733 g/mol. The van der Waals surface area contributed by atoms with Crippen LogP contribution >= 0.6 is 34.0 Å². The molecule has 19 heteroatoms. The number of unbranched alkanes of at least 4 members (excludes halogenated alkanes) is 1. The Morgan fingerprint density at radius 3 is 1.16 bits per heavy atom. The van der Waals surface area contributed by atoms with Crippen LogP contribution in [-0.4, -0.2) is 51.1 Å². The molecule has 0 aliphatic heterocycles. The normalized spacial score (nSPS) is 10.6. The lowest BCUT2D eigenvalue weighted by Crippen LogP contribution is -2.51. The van der Waals surface area contributed by atoms with E-state index in [1.54, 1.807) is 22.7 Å². The Balaban J connectivity index is 0.000000301. The third kappa shape index (κ3) is 16.4. The van der Waals surface area contributed by atoms with Crippen molar-refractivity contribution in [1.82, 2.24) is 0 Å². The van der Waals surface area contributed by atoms with Gasteiger partial charge in [0.1, 0.15) is 31.7 Å². The molecule has 3 heterocycles. The van der Waals surface area contributed by atoms with Gasteiger partial charge in [0.25, 0.3) is 0 Å². The van der Waals surface area contributed by atoms with Gasteiger partial charge in [-0.25, -0.2) is 16.8 Å². The molecule has 0 aliphatic rings. The fourth-order valence-corrected chi connectivity index (χ4v) is 7.04. The molecule has 0 atom stereocenters. The Kier molecular flexibility index (Phi) is 16.7. The monoisotopic (exact) mass is 768 g/mol. The van der Waals surface area contributed by atoms with Crippen LogP contribution in [0.1, 0.15) is 12.8 Å². The molecule has 0 fully saturated rings. The average Bonchev–Trinajstić information content (AvgIpc) is 3.81. The first kappa shape index (κ1) is 40.7. The van der Waals surface area contributed by atoms with Crippen molar-refractivity contribution >= 4 is 66.2 Å². The van der Waals surface area contributed by atoms with E-state index in [4.69, 9.17) is 9.47 Å². The summed E-state index contributed by atoms with van der Waals surface area (Å²) in [6.45, 7) is 0.750. The van der Waals surface area contributed by atoms with Crippen LogP contribution in [-0.2, 0) is 20.2 Å². The fourth-order valence-electron chi connectivity index (χ4n) is 3.43. The Morgan fingerprint density at radius 2 is 0.898 bits per heavy atom. The van der Waals surface area contributed by atoms with Crippen molar-refractivity contribution in [2.75, 3.05) is 13.2 Å². The third-order valence-corrected chi connectivity index (χ3v) is 10.4. The van der Waals surface area contributed by atoms with Crippen LogP contribution in [0.5, 0.6) is 11.5 Å².